The Balaban J connectivity index is 0.000000749. The summed E-state index contributed by atoms with van der Waals surface area (Å²) in [7, 11) is 0. The van der Waals surface area contributed by atoms with E-state index >= 15 is 0 Å². The molecule has 5 nitrogen and oxygen atoms in total. The van der Waals surface area contributed by atoms with E-state index in [1.807, 2.05) is 0 Å². The highest BCUT2D eigenvalue weighted by Gasteiger charge is 2.28. The molecule has 29 heavy (non-hydrogen) atoms. The Morgan fingerprint density at radius 2 is 2.03 bits per heavy atom. The van der Waals surface area contributed by atoms with Gasteiger partial charge < -0.3 is 10.1 Å². The summed E-state index contributed by atoms with van der Waals surface area (Å²) in [6, 6.07) is 6.29. The number of hydrogen-bond donors (Lipinski definition) is 1. The SMILES string of the molecule is C=CC(=C)Br.O=C(NCC(F)(F)F)c1cc(Cl)c(COc2cccc(Br)n2)cn1. The van der Waals surface area contributed by atoms with E-state index in [0.29, 0.717) is 16.0 Å². The van der Waals surface area contributed by atoms with Gasteiger partial charge in [0, 0.05) is 22.3 Å². The summed E-state index contributed by atoms with van der Waals surface area (Å²) in [4.78, 5) is 19.5. The van der Waals surface area contributed by atoms with Gasteiger partial charge in [0.15, 0.2) is 0 Å². The number of hydrogen-bond acceptors (Lipinski definition) is 4. The van der Waals surface area contributed by atoms with E-state index in [0.717, 1.165) is 4.48 Å². The third-order valence-corrected chi connectivity index (χ3v) is 4.02. The van der Waals surface area contributed by atoms with Gasteiger partial charge in [0.25, 0.3) is 5.91 Å². The first kappa shape index (κ1) is 25.1. The number of aromatic nitrogens is 2. The van der Waals surface area contributed by atoms with Crippen LogP contribution in [0.1, 0.15) is 16.1 Å². The van der Waals surface area contributed by atoms with Crippen LogP contribution in [0.25, 0.3) is 0 Å². The van der Waals surface area contributed by atoms with Crippen LogP contribution < -0.4 is 10.1 Å². The monoisotopic (exact) mass is 555 g/mol. The molecule has 2 aromatic heterocycles. The molecule has 0 unspecified atom stereocenters. The molecular weight excluding hydrogens is 542 g/mol. The van der Waals surface area contributed by atoms with Crippen LogP contribution in [0.2, 0.25) is 5.02 Å². The van der Waals surface area contributed by atoms with Crippen LogP contribution in [-0.2, 0) is 6.61 Å². The average Bonchev–Trinajstić information content (AvgIpc) is 2.65. The van der Waals surface area contributed by atoms with E-state index in [9.17, 15) is 18.0 Å². The van der Waals surface area contributed by atoms with Gasteiger partial charge in [0.1, 0.15) is 23.4 Å². The van der Waals surface area contributed by atoms with Crippen molar-refractivity contribution >= 4 is 49.4 Å². The minimum absolute atomic E-state index is 0.0414. The summed E-state index contributed by atoms with van der Waals surface area (Å²) in [5.41, 5.74) is 0.249. The minimum atomic E-state index is -4.50. The molecule has 0 aliphatic carbocycles. The summed E-state index contributed by atoms with van der Waals surface area (Å²) in [5, 5.41) is 1.87. The normalized spacial score (nSPS) is 10.4. The second-order valence-corrected chi connectivity index (χ2v) is 7.44. The highest BCUT2D eigenvalue weighted by molar-refractivity contribution is 9.11. The van der Waals surface area contributed by atoms with E-state index in [1.165, 1.54) is 12.3 Å². The summed E-state index contributed by atoms with van der Waals surface area (Å²) in [6.45, 7) is 5.49. The Labute approximate surface area is 187 Å². The third-order valence-electron chi connectivity index (χ3n) is 2.90. The summed E-state index contributed by atoms with van der Waals surface area (Å²) >= 11 is 12.3. The fourth-order valence-electron chi connectivity index (χ4n) is 1.58. The van der Waals surface area contributed by atoms with Gasteiger partial charge in [-0.2, -0.15) is 13.2 Å². The van der Waals surface area contributed by atoms with Gasteiger partial charge in [0.05, 0.1) is 5.02 Å². The first-order chi connectivity index (χ1) is 13.5. The number of nitrogens with one attached hydrogen (secondary N) is 1. The number of nitrogens with zero attached hydrogens (tertiary/aromatic N) is 2. The molecule has 1 N–H and O–H groups in total. The highest BCUT2D eigenvalue weighted by Crippen LogP contribution is 2.19. The van der Waals surface area contributed by atoms with Gasteiger partial charge in [-0.3, -0.25) is 9.78 Å². The van der Waals surface area contributed by atoms with E-state index in [2.05, 4.69) is 55.0 Å². The molecule has 0 fully saturated rings. The van der Waals surface area contributed by atoms with Crippen molar-refractivity contribution in [1.29, 1.82) is 0 Å². The van der Waals surface area contributed by atoms with Crippen LogP contribution in [0.3, 0.4) is 0 Å². The van der Waals surface area contributed by atoms with Crippen molar-refractivity contribution in [2.45, 2.75) is 12.8 Å². The fraction of sp³-hybridized carbons (Fsp3) is 0.167. The zero-order valence-electron chi connectivity index (χ0n) is 14.8. The van der Waals surface area contributed by atoms with Crippen LogP contribution in [-0.4, -0.2) is 28.6 Å². The van der Waals surface area contributed by atoms with Crippen LogP contribution in [0.15, 0.2) is 58.8 Å². The smallest absolute Gasteiger partial charge is 0.405 e. The number of ether oxygens (including phenoxy) is 1. The average molecular weight is 558 g/mol. The maximum absolute atomic E-state index is 12.1. The lowest BCUT2D eigenvalue weighted by Gasteiger charge is -2.10. The number of rotatable bonds is 6. The molecule has 0 aromatic carbocycles. The third kappa shape index (κ3) is 10.4. The highest BCUT2D eigenvalue weighted by atomic mass is 79.9. The summed E-state index contributed by atoms with van der Waals surface area (Å²) in [5.74, 6) is -0.609. The molecule has 11 heteroatoms. The number of allylic oxidation sites excluding steroid dienone is 2. The molecule has 2 heterocycles. The van der Waals surface area contributed by atoms with E-state index in [1.54, 1.807) is 29.6 Å². The van der Waals surface area contributed by atoms with Gasteiger partial charge in [-0.1, -0.05) is 52.8 Å². The molecule has 156 valence electrons. The maximum Gasteiger partial charge on any atom is 0.405 e. The second-order valence-electron chi connectivity index (χ2n) is 5.20. The van der Waals surface area contributed by atoms with E-state index in [4.69, 9.17) is 16.3 Å². The maximum atomic E-state index is 12.1. The van der Waals surface area contributed by atoms with Crippen molar-refractivity contribution in [3.63, 3.8) is 0 Å². The van der Waals surface area contributed by atoms with Crippen molar-refractivity contribution in [1.82, 2.24) is 15.3 Å². The molecule has 2 rings (SSSR count). The Kier molecular flexibility index (Phi) is 10.3. The minimum Gasteiger partial charge on any atom is -0.473 e. The molecule has 0 saturated carbocycles. The number of pyridine rings is 2. The Hall–Kier alpha value is -1.91. The molecule has 0 spiro atoms. The Bertz CT molecular complexity index is 880. The van der Waals surface area contributed by atoms with Crippen LogP contribution in [0.5, 0.6) is 5.88 Å². The molecule has 0 saturated heterocycles. The standard InChI is InChI=1S/C14H10BrClF3N3O2.C4H5Br/c15-11-2-1-3-12(22-11)24-6-8-5-20-10(4-9(8)16)13(23)21-7-14(17,18)19;1-3-4(2)5/h1-5H,6-7H2,(H,21,23);3H,1-2H2. The van der Waals surface area contributed by atoms with Gasteiger partial charge in [0.2, 0.25) is 5.88 Å². The first-order valence-electron chi connectivity index (χ1n) is 7.73. The van der Waals surface area contributed by atoms with Crippen molar-refractivity contribution in [3.8, 4) is 5.88 Å². The number of carbonyl (C=O) groups excluding carboxylic acids is 1. The Morgan fingerprint density at radius 1 is 1.38 bits per heavy atom. The van der Waals surface area contributed by atoms with Gasteiger partial charge in [-0.25, -0.2) is 4.98 Å². The van der Waals surface area contributed by atoms with Crippen molar-refractivity contribution < 1.29 is 22.7 Å². The summed E-state index contributed by atoms with van der Waals surface area (Å²) in [6.07, 6.45) is -1.59. The van der Waals surface area contributed by atoms with Gasteiger partial charge >= 0.3 is 6.18 Å². The van der Waals surface area contributed by atoms with Crippen LogP contribution >= 0.6 is 43.5 Å². The quantitative estimate of drug-likeness (QED) is 0.358. The van der Waals surface area contributed by atoms with Gasteiger partial charge in [-0.05, 0) is 28.1 Å². The molecule has 0 radical (unpaired) electrons. The van der Waals surface area contributed by atoms with E-state index < -0.39 is 18.6 Å². The number of alkyl halides is 3. The summed E-state index contributed by atoms with van der Waals surface area (Å²) < 4.78 is 43.1. The molecule has 0 bridgehead atoms. The topological polar surface area (TPSA) is 64.1 Å². The predicted octanol–water partition coefficient (Wildman–Crippen LogP) is 5.84. The van der Waals surface area contributed by atoms with Crippen LogP contribution in [0, 0.1) is 0 Å². The molecule has 0 atom stereocenters. The Morgan fingerprint density at radius 3 is 2.55 bits per heavy atom. The zero-order valence-corrected chi connectivity index (χ0v) is 18.7. The molecule has 1 amide bonds. The van der Waals surface area contributed by atoms with E-state index in [-0.39, 0.29) is 17.3 Å². The molecule has 0 aliphatic rings. The van der Waals surface area contributed by atoms with Crippen molar-refractivity contribution in [2.75, 3.05) is 6.54 Å². The molecular formula is C18H15Br2ClF3N3O2. The predicted molar refractivity (Wildman–Crippen MR) is 112 cm³/mol. The molecule has 2 aromatic rings. The lowest BCUT2D eigenvalue weighted by molar-refractivity contribution is -0.123. The van der Waals surface area contributed by atoms with Crippen molar-refractivity contribution in [3.05, 3.63) is 75.1 Å². The van der Waals surface area contributed by atoms with Crippen LogP contribution in [0.4, 0.5) is 13.2 Å². The number of amides is 1. The molecule has 0 aliphatic heterocycles. The first-order valence-corrected chi connectivity index (χ1v) is 9.69. The largest absolute Gasteiger partial charge is 0.473 e. The van der Waals surface area contributed by atoms with Gasteiger partial charge in [-0.15, -0.1) is 0 Å². The zero-order chi connectivity index (χ0) is 22.0. The lowest BCUT2D eigenvalue weighted by Crippen LogP contribution is -2.34. The number of halogens is 6. The lowest BCUT2D eigenvalue weighted by atomic mass is 10.2. The second kappa shape index (κ2) is 11.9. The van der Waals surface area contributed by atoms with Crippen molar-refractivity contribution in [2.24, 2.45) is 0 Å². The fourth-order valence-corrected chi connectivity index (χ4v) is 2.12. The number of carbonyl (C=O) groups is 1.